The van der Waals surface area contributed by atoms with E-state index in [1.54, 1.807) is 12.1 Å². The largest absolute Gasteiger partial charge is 0.399 e. The van der Waals surface area contributed by atoms with Crippen LogP contribution in [0.15, 0.2) is 30.3 Å². The van der Waals surface area contributed by atoms with Gasteiger partial charge in [0.25, 0.3) is 0 Å². The van der Waals surface area contributed by atoms with Gasteiger partial charge in [-0.05, 0) is 37.6 Å². The molecule has 0 amide bonds. The summed E-state index contributed by atoms with van der Waals surface area (Å²) in [5, 5.41) is 14.4. The SMILES string of the molecule is Cc1cc(C)n(C[C@H](O)c2ccc(N)cc2)n1. The number of rotatable bonds is 3. The van der Waals surface area contributed by atoms with Crippen molar-refractivity contribution in [3.8, 4) is 0 Å². The summed E-state index contributed by atoms with van der Waals surface area (Å²) in [5.41, 5.74) is 9.18. The zero-order valence-electron chi connectivity index (χ0n) is 10.1. The van der Waals surface area contributed by atoms with Gasteiger partial charge in [0, 0.05) is 11.4 Å². The van der Waals surface area contributed by atoms with Gasteiger partial charge in [-0.2, -0.15) is 5.10 Å². The third-order valence-electron chi connectivity index (χ3n) is 2.77. The maximum atomic E-state index is 10.1. The Labute approximate surface area is 101 Å². The lowest BCUT2D eigenvalue weighted by atomic mass is 10.1. The van der Waals surface area contributed by atoms with Gasteiger partial charge in [0.05, 0.1) is 18.3 Å². The van der Waals surface area contributed by atoms with Gasteiger partial charge in [0.2, 0.25) is 0 Å². The molecule has 1 atom stereocenters. The molecule has 0 spiro atoms. The fraction of sp³-hybridized carbons (Fsp3) is 0.308. The number of aromatic nitrogens is 2. The van der Waals surface area contributed by atoms with E-state index in [4.69, 9.17) is 5.73 Å². The van der Waals surface area contributed by atoms with Crippen LogP contribution in [0.3, 0.4) is 0 Å². The molecule has 0 radical (unpaired) electrons. The highest BCUT2D eigenvalue weighted by Crippen LogP contribution is 2.17. The van der Waals surface area contributed by atoms with Crippen LogP contribution in [-0.2, 0) is 6.54 Å². The second kappa shape index (κ2) is 4.59. The zero-order chi connectivity index (χ0) is 12.4. The molecule has 0 fully saturated rings. The summed E-state index contributed by atoms with van der Waals surface area (Å²) >= 11 is 0. The van der Waals surface area contributed by atoms with Gasteiger partial charge in [-0.1, -0.05) is 12.1 Å². The molecule has 1 aromatic heterocycles. The van der Waals surface area contributed by atoms with Crippen molar-refractivity contribution in [2.45, 2.75) is 26.5 Å². The van der Waals surface area contributed by atoms with Crippen LogP contribution in [0.1, 0.15) is 23.1 Å². The fourth-order valence-electron chi connectivity index (χ4n) is 1.85. The van der Waals surface area contributed by atoms with Gasteiger partial charge >= 0.3 is 0 Å². The van der Waals surface area contributed by atoms with Crippen molar-refractivity contribution in [1.82, 2.24) is 9.78 Å². The van der Waals surface area contributed by atoms with E-state index < -0.39 is 6.10 Å². The first kappa shape index (κ1) is 11.7. The standard InChI is InChI=1S/C13H17N3O/c1-9-7-10(2)16(15-9)8-13(17)11-3-5-12(14)6-4-11/h3-7,13,17H,8,14H2,1-2H3/t13-/m0/s1. The summed E-state index contributed by atoms with van der Waals surface area (Å²) in [6.07, 6.45) is -0.561. The van der Waals surface area contributed by atoms with Gasteiger partial charge in [-0.3, -0.25) is 4.68 Å². The minimum absolute atomic E-state index is 0.462. The van der Waals surface area contributed by atoms with Crippen LogP contribution in [0.5, 0.6) is 0 Å². The Bertz CT molecular complexity index is 502. The minimum atomic E-state index is -0.561. The Kier molecular flexibility index (Phi) is 3.15. The van der Waals surface area contributed by atoms with E-state index in [0.29, 0.717) is 12.2 Å². The first-order valence-electron chi connectivity index (χ1n) is 5.61. The van der Waals surface area contributed by atoms with E-state index in [2.05, 4.69) is 5.10 Å². The van der Waals surface area contributed by atoms with Crippen LogP contribution >= 0.6 is 0 Å². The number of benzene rings is 1. The van der Waals surface area contributed by atoms with Crippen molar-refractivity contribution in [3.05, 3.63) is 47.3 Å². The average molecular weight is 231 g/mol. The molecule has 1 heterocycles. The number of nitrogen functional groups attached to an aromatic ring is 1. The van der Waals surface area contributed by atoms with Gasteiger partial charge in [-0.15, -0.1) is 0 Å². The number of hydrogen-bond donors (Lipinski definition) is 2. The molecule has 0 saturated carbocycles. The molecule has 2 aromatic rings. The summed E-state index contributed by atoms with van der Waals surface area (Å²) in [6.45, 7) is 4.39. The van der Waals surface area contributed by atoms with Crippen molar-refractivity contribution in [1.29, 1.82) is 0 Å². The number of anilines is 1. The quantitative estimate of drug-likeness (QED) is 0.792. The molecular weight excluding hydrogens is 214 g/mol. The summed E-state index contributed by atoms with van der Waals surface area (Å²) in [5.74, 6) is 0. The van der Waals surface area contributed by atoms with Crippen molar-refractivity contribution in [2.24, 2.45) is 0 Å². The molecular formula is C13H17N3O. The highest BCUT2D eigenvalue weighted by atomic mass is 16.3. The van der Waals surface area contributed by atoms with Gasteiger partial charge in [0.1, 0.15) is 0 Å². The molecule has 90 valence electrons. The molecule has 0 saturated heterocycles. The van der Waals surface area contributed by atoms with E-state index >= 15 is 0 Å². The van der Waals surface area contributed by atoms with Crippen LogP contribution in [0.25, 0.3) is 0 Å². The zero-order valence-corrected chi connectivity index (χ0v) is 10.1. The predicted molar refractivity (Wildman–Crippen MR) is 67.5 cm³/mol. The predicted octanol–water partition coefficient (Wildman–Crippen LogP) is 1.82. The lowest BCUT2D eigenvalue weighted by Crippen LogP contribution is -2.11. The summed E-state index contributed by atoms with van der Waals surface area (Å²) in [4.78, 5) is 0. The third kappa shape index (κ3) is 2.65. The van der Waals surface area contributed by atoms with E-state index in [9.17, 15) is 5.11 Å². The Hall–Kier alpha value is -1.81. The molecule has 0 unspecified atom stereocenters. The highest BCUT2D eigenvalue weighted by molar-refractivity contribution is 5.39. The molecule has 2 rings (SSSR count). The smallest absolute Gasteiger partial charge is 0.0986 e. The first-order valence-corrected chi connectivity index (χ1v) is 5.61. The number of nitrogens with zero attached hydrogens (tertiary/aromatic N) is 2. The molecule has 17 heavy (non-hydrogen) atoms. The Morgan fingerprint density at radius 3 is 2.47 bits per heavy atom. The second-order valence-electron chi connectivity index (χ2n) is 4.29. The molecule has 4 nitrogen and oxygen atoms in total. The Morgan fingerprint density at radius 2 is 1.94 bits per heavy atom. The van der Waals surface area contributed by atoms with Gasteiger partial charge < -0.3 is 10.8 Å². The summed E-state index contributed by atoms with van der Waals surface area (Å²) < 4.78 is 1.82. The average Bonchev–Trinajstić information content (AvgIpc) is 2.58. The Morgan fingerprint density at radius 1 is 1.29 bits per heavy atom. The second-order valence-corrected chi connectivity index (χ2v) is 4.29. The summed E-state index contributed by atoms with van der Waals surface area (Å²) in [6, 6.07) is 9.26. The molecule has 1 aromatic carbocycles. The molecule has 0 aliphatic heterocycles. The van der Waals surface area contributed by atoms with Crippen molar-refractivity contribution < 1.29 is 5.11 Å². The number of hydrogen-bond acceptors (Lipinski definition) is 3. The van der Waals surface area contributed by atoms with Crippen molar-refractivity contribution in [2.75, 3.05) is 5.73 Å². The number of aliphatic hydroxyl groups excluding tert-OH is 1. The Balaban J connectivity index is 2.13. The lowest BCUT2D eigenvalue weighted by molar-refractivity contribution is 0.150. The molecule has 4 heteroatoms. The van der Waals surface area contributed by atoms with Crippen molar-refractivity contribution >= 4 is 5.69 Å². The van der Waals surface area contributed by atoms with E-state index in [-0.39, 0.29) is 0 Å². The maximum Gasteiger partial charge on any atom is 0.0986 e. The van der Waals surface area contributed by atoms with E-state index in [0.717, 1.165) is 17.0 Å². The maximum absolute atomic E-state index is 10.1. The monoisotopic (exact) mass is 231 g/mol. The minimum Gasteiger partial charge on any atom is -0.399 e. The first-order chi connectivity index (χ1) is 8.06. The van der Waals surface area contributed by atoms with Gasteiger partial charge in [-0.25, -0.2) is 0 Å². The van der Waals surface area contributed by atoms with Crippen LogP contribution in [0.2, 0.25) is 0 Å². The highest BCUT2D eigenvalue weighted by Gasteiger charge is 2.10. The lowest BCUT2D eigenvalue weighted by Gasteiger charge is -2.12. The number of nitrogens with two attached hydrogens (primary N) is 1. The van der Waals surface area contributed by atoms with Crippen LogP contribution < -0.4 is 5.73 Å². The van der Waals surface area contributed by atoms with Gasteiger partial charge in [0.15, 0.2) is 0 Å². The molecule has 0 bridgehead atoms. The van der Waals surface area contributed by atoms with Crippen LogP contribution in [-0.4, -0.2) is 14.9 Å². The van der Waals surface area contributed by atoms with E-state index in [1.165, 1.54) is 0 Å². The summed E-state index contributed by atoms with van der Waals surface area (Å²) in [7, 11) is 0. The number of aliphatic hydroxyl groups is 1. The van der Waals surface area contributed by atoms with Crippen molar-refractivity contribution in [3.63, 3.8) is 0 Å². The normalized spacial score (nSPS) is 12.6. The third-order valence-corrected chi connectivity index (χ3v) is 2.77. The van der Waals surface area contributed by atoms with Crippen LogP contribution in [0, 0.1) is 13.8 Å². The number of aryl methyl sites for hydroxylation is 2. The van der Waals surface area contributed by atoms with Crippen LogP contribution in [0.4, 0.5) is 5.69 Å². The molecule has 0 aliphatic carbocycles. The topological polar surface area (TPSA) is 64.1 Å². The fourth-order valence-corrected chi connectivity index (χ4v) is 1.85. The molecule has 3 N–H and O–H groups in total. The molecule has 0 aliphatic rings. The van der Waals surface area contributed by atoms with E-state index in [1.807, 2.05) is 36.7 Å².